The summed E-state index contributed by atoms with van der Waals surface area (Å²) >= 11 is 0. The van der Waals surface area contributed by atoms with E-state index in [9.17, 15) is 10.1 Å². The van der Waals surface area contributed by atoms with Crippen molar-refractivity contribution in [2.45, 2.75) is 45.6 Å². The van der Waals surface area contributed by atoms with Gasteiger partial charge in [0.2, 0.25) is 0 Å². The van der Waals surface area contributed by atoms with E-state index in [0.29, 0.717) is 11.6 Å². The number of para-hydroxylation sites is 1. The Kier molecular flexibility index (Phi) is 5.56. The molecule has 28 heavy (non-hydrogen) atoms. The number of carbonyl (C=O) groups excluding carboxylic acids is 1. The molecule has 144 valence electrons. The number of nitriles is 1. The number of nitrogens with one attached hydrogen (secondary N) is 1. The summed E-state index contributed by atoms with van der Waals surface area (Å²) in [6.07, 6.45) is 2.74. The molecule has 1 atom stereocenters. The predicted molar refractivity (Wildman–Crippen MR) is 115 cm³/mol. The minimum absolute atomic E-state index is 0.0972. The SMILES string of the molecule is CCN1c2ccc(/C=C(/C#N)C(=O)Nc3ccccc3)cc2[C@@H](C)CC1(C)C. The van der Waals surface area contributed by atoms with Gasteiger partial charge >= 0.3 is 0 Å². The molecule has 3 rings (SSSR count). The van der Waals surface area contributed by atoms with E-state index < -0.39 is 5.91 Å². The van der Waals surface area contributed by atoms with E-state index in [1.54, 1.807) is 18.2 Å². The van der Waals surface area contributed by atoms with Crippen LogP contribution in [0.25, 0.3) is 6.08 Å². The number of hydrogen-bond acceptors (Lipinski definition) is 3. The first-order valence-corrected chi connectivity index (χ1v) is 9.75. The normalized spacial score (nSPS) is 18.2. The van der Waals surface area contributed by atoms with Gasteiger partial charge in [0.05, 0.1) is 0 Å². The van der Waals surface area contributed by atoms with Gasteiger partial charge in [-0.2, -0.15) is 5.26 Å². The molecule has 0 unspecified atom stereocenters. The average molecular weight is 374 g/mol. The molecule has 0 spiro atoms. The summed E-state index contributed by atoms with van der Waals surface area (Å²) in [5.41, 5.74) is 4.28. The number of rotatable bonds is 4. The highest BCUT2D eigenvalue weighted by Gasteiger charge is 2.35. The van der Waals surface area contributed by atoms with Crippen LogP contribution in [0.4, 0.5) is 11.4 Å². The first-order valence-electron chi connectivity index (χ1n) is 9.75. The molecule has 1 heterocycles. The predicted octanol–water partition coefficient (Wildman–Crippen LogP) is 5.34. The lowest BCUT2D eigenvalue weighted by molar-refractivity contribution is -0.112. The van der Waals surface area contributed by atoms with Gasteiger partial charge in [-0.05, 0) is 74.6 Å². The molecule has 4 heteroatoms. The van der Waals surface area contributed by atoms with Gasteiger partial charge in [0, 0.05) is 23.5 Å². The van der Waals surface area contributed by atoms with Gasteiger partial charge in [0.15, 0.2) is 0 Å². The molecule has 0 saturated carbocycles. The zero-order valence-electron chi connectivity index (χ0n) is 17.0. The summed E-state index contributed by atoms with van der Waals surface area (Å²) < 4.78 is 0. The van der Waals surface area contributed by atoms with Crippen molar-refractivity contribution in [2.24, 2.45) is 0 Å². The molecule has 1 amide bonds. The van der Waals surface area contributed by atoms with Crippen LogP contribution in [0.2, 0.25) is 0 Å². The van der Waals surface area contributed by atoms with E-state index in [2.05, 4.69) is 50.0 Å². The number of benzene rings is 2. The molecule has 1 aliphatic rings. The van der Waals surface area contributed by atoms with Gasteiger partial charge in [-0.15, -0.1) is 0 Å². The fourth-order valence-corrected chi connectivity index (χ4v) is 4.23. The maximum Gasteiger partial charge on any atom is 0.266 e. The Morgan fingerprint density at radius 3 is 2.64 bits per heavy atom. The molecule has 1 aliphatic heterocycles. The minimum atomic E-state index is -0.393. The number of hydrogen-bond donors (Lipinski definition) is 1. The summed E-state index contributed by atoms with van der Waals surface area (Å²) in [4.78, 5) is 14.9. The molecule has 0 saturated heterocycles. The maximum atomic E-state index is 12.5. The molecular weight excluding hydrogens is 346 g/mol. The van der Waals surface area contributed by atoms with Crippen molar-refractivity contribution in [3.8, 4) is 6.07 Å². The smallest absolute Gasteiger partial charge is 0.266 e. The van der Waals surface area contributed by atoms with Crippen LogP contribution >= 0.6 is 0 Å². The van der Waals surface area contributed by atoms with Gasteiger partial charge in [-0.25, -0.2) is 0 Å². The number of carbonyl (C=O) groups is 1. The van der Waals surface area contributed by atoms with E-state index in [0.717, 1.165) is 18.5 Å². The van der Waals surface area contributed by atoms with Crippen LogP contribution in [0.15, 0.2) is 54.1 Å². The van der Waals surface area contributed by atoms with Crippen molar-refractivity contribution in [2.75, 3.05) is 16.8 Å². The molecule has 2 aromatic carbocycles. The second-order valence-electron chi connectivity index (χ2n) is 7.97. The van der Waals surface area contributed by atoms with E-state index >= 15 is 0 Å². The summed E-state index contributed by atoms with van der Waals surface area (Å²) in [6.45, 7) is 9.94. The Bertz CT molecular complexity index is 938. The number of anilines is 2. The second kappa shape index (κ2) is 7.90. The summed E-state index contributed by atoms with van der Waals surface area (Å²) in [5, 5.41) is 12.3. The van der Waals surface area contributed by atoms with Crippen LogP contribution in [0.3, 0.4) is 0 Å². The number of fused-ring (bicyclic) bond motifs is 1. The Morgan fingerprint density at radius 1 is 1.29 bits per heavy atom. The highest BCUT2D eigenvalue weighted by atomic mass is 16.1. The third kappa shape index (κ3) is 3.94. The van der Waals surface area contributed by atoms with Gasteiger partial charge < -0.3 is 10.2 Å². The highest BCUT2D eigenvalue weighted by molar-refractivity contribution is 6.09. The maximum absolute atomic E-state index is 12.5. The van der Waals surface area contributed by atoms with E-state index in [1.807, 2.05) is 30.3 Å². The van der Waals surface area contributed by atoms with E-state index in [1.165, 1.54) is 11.3 Å². The lowest BCUT2D eigenvalue weighted by atomic mass is 9.79. The van der Waals surface area contributed by atoms with Crippen molar-refractivity contribution in [1.29, 1.82) is 5.26 Å². The standard InChI is InChI=1S/C24H27N3O/c1-5-27-22-12-11-18(14-21(22)17(2)15-24(27,3)4)13-19(16-25)23(28)26-20-9-7-6-8-10-20/h6-14,17H,5,15H2,1-4H3,(H,26,28)/b19-13-/t17-/m0/s1. The van der Waals surface area contributed by atoms with Crippen LogP contribution in [0, 0.1) is 11.3 Å². The molecule has 2 aromatic rings. The van der Waals surface area contributed by atoms with Crippen LogP contribution in [-0.4, -0.2) is 18.0 Å². The molecule has 0 fully saturated rings. The zero-order chi connectivity index (χ0) is 20.3. The molecule has 4 nitrogen and oxygen atoms in total. The first-order chi connectivity index (χ1) is 13.4. The van der Waals surface area contributed by atoms with Crippen molar-refractivity contribution in [1.82, 2.24) is 0 Å². The first kappa shape index (κ1) is 19.7. The van der Waals surface area contributed by atoms with Gasteiger partial charge in [-0.1, -0.05) is 31.2 Å². The molecule has 0 radical (unpaired) electrons. The lowest BCUT2D eigenvalue weighted by Gasteiger charge is -2.47. The summed E-state index contributed by atoms with van der Waals surface area (Å²) in [5.74, 6) is 0.0284. The molecule has 0 bridgehead atoms. The van der Waals surface area contributed by atoms with Crippen LogP contribution in [0.5, 0.6) is 0 Å². The third-order valence-electron chi connectivity index (χ3n) is 5.43. The van der Waals surface area contributed by atoms with Crippen LogP contribution < -0.4 is 10.2 Å². The van der Waals surface area contributed by atoms with E-state index in [-0.39, 0.29) is 11.1 Å². The van der Waals surface area contributed by atoms with Crippen LogP contribution in [0.1, 0.15) is 51.2 Å². The minimum Gasteiger partial charge on any atom is -0.366 e. The lowest BCUT2D eigenvalue weighted by Crippen LogP contribution is -2.48. The molecular formula is C24H27N3O. The zero-order valence-corrected chi connectivity index (χ0v) is 17.0. The quantitative estimate of drug-likeness (QED) is 0.581. The Hall–Kier alpha value is -3.06. The molecule has 1 N–H and O–H groups in total. The highest BCUT2D eigenvalue weighted by Crippen LogP contribution is 2.43. The Labute approximate surface area is 167 Å². The Balaban J connectivity index is 1.91. The molecule has 0 aliphatic carbocycles. The van der Waals surface area contributed by atoms with Crippen molar-refractivity contribution in [3.05, 3.63) is 65.2 Å². The largest absolute Gasteiger partial charge is 0.366 e. The number of amides is 1. The summed E-state index contributed by atoms with van der Waals surface area (Å²) in [7, 11) is 0. The van der Waals surface area contributed by atoms with Crippen LogP contribution in [-0.2, 0) is 4.79 Å². The monoisotopic (exact) mass is 373 g/mol. The summed E-state index contributed by atoms with van der Waals surface area (Å²) in [6, 6.07) is 17.4. The van der Waals surface area contributed by atoms with Gasteiger partial charge in [-0.3, -0.25) is 4.79 Å². The van der Waals surface area contributed by atoms with Gasteiger partial charge in [0.1, 0.15) is 11.6 Å². The fraction of sp³-hybridized carbons (Fsp3) is 0.333. The second-order valence-corrected chi connectivity index (χ2v) is 7.97. The average Bonchev–Trinajstić information content (AvgIpc) is 2.66. The van der Waals surface area contributed by atoms with Crippen molar-refractivity contribution < 1.29 is 4.79 Å². The Morgan fingerprint density at radius 2 is 2.00 bits per heavy atom. The van der Waals surface area contributed by atoms with Crippen molar-refractivity contribution >= 4 is 23.4 Å². The fourth-order valence-electron chi connectivity index (χ4n) is 4.23. The van der Waals surface area contributed by atoms with Crippen molar-refractivity contribution in [3.63, 3.8) is 0 Å². The number of nitrogens with zero attached hydrogens (tertiary/aromatic N) is 2. The topological polar surface area (TPSA) is 56.1 Å². The molecule has 0 aromatic heterocycles. The van der Waals surface area contributed by atoms with E-state index in [4.69, 9.17) is 0 Å². The van der Waals surface area contributed by atoms with Gasteiger partial charge in [0.25, 0.3) is 5.91 Å². The third-order valence-corrected chi connectivity index (χ3v) is 5.43.